The summed E-state index contributed by atoms with van der Waals surface area (Å²) >= 11 is 6.08. The summed E-state index contributed by atoms with van der Waals surface area (Å²) in [7, 11) is 1.77. The number of aryl methyl sites for hydroxylation is 1. The fourth-order valence-corrected chi connectivity index (χ4v) is 3.29. The molecule has 6 nitrogen and oxygen atoms in total. The molecule has 2 amide bonds. The molecule has 0 atom stereocenters. The molecule has 0 fully saturated rings. The number of carbonyl (C=O) groups excluding carboxylic acids is 2. The third-order valence-corrected chi connectivity index (χ3v) is 5.04. The molecular formula is C24H19ClN4O2. The summed E-state index contributed by atoms with van der Waals surface area (Å²) in [5.41, 5.74) is 3.18. The summed E-state index contributed by atoms with van der Waals surface area (Å²) < 4.78 is 1.61. The number of carbonyl (C=O) groups is 2. The van der Waals surface area contributed by atoms with Crippen molar-refractivity contribution in [2.75, 3.05) is 10.6 Å². The van der Waals surface area contributed by atoms with E-state index >= 15 is 0 Å². The van der Waals surface area contributed by atoms with Gasteiger partial charge in [-0.25, -0.2) is 0 Å². The van der Waals surface area contributed by atoms with E-state index in [1.54, 1.807) is 66.3 Å². The van der Waals surface area contributed by atoms with Crippen LogP contribution in [0.3, 0.4) is 0 Å². The number of aromatic nitrogens is 2. The zero-order valence-electron chi connectivity index (χ0n) is 16.7. The third kappa shape index (κ3) is 4.65. The van der Waals surface area contributed by atoms with Crippen molar-refractivity contribution in [2.24, 2.45) is 7.05 Å². The van der Waals surface area contributed by atoms with Crippen LogP contribution in [0.4, 0.5) is 11.5 Å². The van der Waals surface area contributed by atoms with Crippen molar-refractivity contribution in [3.05, 3.63) is 101 Å². The fourth-order valence-electron chi connectivity index (χ4n) is 3.07. The molecule has 0 aliphatic heterocycles. The number of rotatable bonds is 5. The second-order valence-electron chi connectivity index (χ2n) is 6.87. The predicted octanol–water partition coefficient (Wildman–Crippen LogP) is 5.25. The first-order valence-corrected chi connectivity index (χ1v) is 9.96. The molecule has 154 valence electrons. The Balaban J connectivity index is 1.47. The van der Waals surface area contributed by atoms with Crippen molar-refractivity contribution in [1.29, 1.82) is 0 Å². The Labute approximate surface area is 184 Å². The lowest BCUT2D eigenvalue weighted by atomic mass is 10.1. The summed E-state index contributed by atoms with van der Waals surface area (Å²) in [6.07, 6.45) is 0. The van der Waals surface area contributed by atoms with E-state index in [0.29, 0.717) is 33.3 Å². The van der Waals surface area contributed by atoms with Gasteiger partial charge < -0.3 is 10.6 Å². The first kappa shape index (κ1) is 20.4. The van der Waals surface area contributed by atoms with Crippen LogP contribution < -0.4 is 10.6 Å². The van der Waals surface area contributed by atoms with Crippen LogP contribution in [0.15, 0.2) is 84.9 Å². The minimum atomic E-state index is -0.276. The van der Waals surface area contributed by atoms with E-state index in [2.05, 4.69) is 15.7 Å². The standard InChI is InChI=1S/C24H19ClN4O2/c1-29-22(27-23(30)17-7-3-2-4-8-17)15-21(28-29)16-11-13-18(14-12-16)26-24(31)19-9-5-6-10-20(19)25/h2-15H,1H3,(H,26,31)(H,27,30). The maximum absolute atomic E-state index is 12.4. The zero-order chi connectivity index (χ0) is 21.8. The van der Waals surface area contributed by atoms with Crippen molar-refractivity contribution in [1.82, 2.24) is 9.78 Å². The molecule has 0 unspecified atom stereocenters. The Bertz CT molecular complexity index is 1230. The lowest BCUT2D eigenvalue weighted by molar-refractivity contribution is 0.101. The molecule has 0 radical (unpaired) electrons. The van der Waals surface area contributed by atoms with Gasteiger partial charge in [0.05, 0.1) is 16.3 Å². The third-order valence-electron chi connectivity index (χ3n) is 4.71. The minimum Gasteiger partial charge on any atom is -0.322 e. The van der Waals surface area contributed by atoms with E-state index in [0.717, 1.165) is 5.56 Å². The lowest BCUT2D eigenvalue weighted by Crippen LogP contribution is -2.14. The fraction of sp³-hybridized carbons (Fsp3) is 0.0417. The molecular weight excluding hydrogens is 412 g/mol. The van der Waals surface area contributed by atoms with Gasteiger partial charge in [-0.15, -0.1) is 0 Å². The van der Waals surface area contributed by atoms with E-state index in [-0.39, 0.29) is 11.8 Å². The largest absolute Gasteiger partial charge is 0.322 e. The first-order chi connectivity index (χ1) is 15.0. The predicted molar refractivity (Wildman–Crippen MR) is 122 cm³/mol. The number of halogens is 1. The molecule has 3 aromatic carbocycles. The van der Waals surface area contributed by atoms with Crippen molar-refractivity contribution in [2.45, 2.75) is 0 Å². The molecule has 0 spiro atoms. The van der Waals surface area contributed by atoms with Crippen molar-refractivity contribution < 1.29 is 9.59 Å². The normalized spacial score (nSPS) is 10.5. The van der Waals surface area contributed by atoms with Gasteiger partial charge >= 0.3 is 0 Å². The summed E-state index contributed by atoms with van der Waals surface area (Å²) in [6, 6.07) is 25.0. The minimum absolute atomic E-state index is 0.201. The molecule has 4 aromatic rings. The quantitative estimate of drug-likeness (QED) is 0.454. The van der Waals surface area contributed by atoms with E-state index < -0.39 is 0 Å². The van der Waals surface area contributed by atoms with Gasteiger partial charge in [-0.1, -0.05) is 54.1 Å². The number of amides is 2. The van der Waals surface area contributed by atoms with Crippen molar-refractivity contribution in [3.63, 3.8) is 0 Å². The van der Waals surface area contributed by atoms with Crippen LogP contribution in [0.25, 0.3) is 11.3 Å². The van der Waals surface area contributed by atoms with Crippen LogP contribution in [-0.4, -0.2) is 21.6 Å². The Morgan fingerprint density at radius 1 is 0.839 bits per heavy atom. The van der Waals surface area contributed by atoms with E-state index in [4.69, 9.17) is 11.6 Å². The maximum atomic E-state index is 12.4. The molecule has 1 heterocycles. The van der Waals surface area contributed by atoms with Crippen LogP contribution in [0, 0.1) is 0 Å². The molecule has 2 N–H and O–H groups in total. The number of benzene rings is 3. The maximum Gasteiger partial charge on any atom is 0.257 e. The topological polar surface area (TPSA) is 76.0 Å². The van der Waals surface area contributed by atoms with Crippen LogP contribution in [0.1, 0.15) is 20.7 Å². The van der Waals surface area contributed by atoms with Gasteiger partial charge in [-0.3, -0.25) is 14.3 Å². The molecule has 4 rings (SSSR count). The van der Waals surface area contributed by atoms with Gasteiger partial charge in [0.15, 0.2) is 0 Å². The molecule has 0 bridgehead atoms. The highest BCUT2D eigenvalue weighted by atomic mass is 35.5. The smallest absolute Gasteiger partial charge is 0.257 e. The Morgan fingerprint density at radius 3 is 2.23 bits per heavy atom. The molecule has 0 saturated heterocycles. The number of nitrogens with one attached hydrogen (secondary N) is 2. The molecule has 1 aromatic heterocycles. The highest BCUT2D eigenvalue weighted by Crippen LogP contribution is 2.24. The van der Waals surface area contributed by atoms with Gasteiger partial charge in [-0.2, -0.15) is 5.10 Å². The molecule has 7 heteroatoms. The first-order valence-electron chi connectivity index (χ1n) is 9.58. The Hall–Kier alpha value is -3.90. The Kier molecular flexibility index (Phi) is 5.82. The summed E-state index contributed by atoms with van der Waals surface area (Å²) in [5, 5.41) is 10.6. The van der Waals surface area contributed by atoms with Crippen LogP contribution >= 0.6 is 11.6 Å². The summed E-state index contributed by atoms with van der Waals surface area (Å²) in [6.45, 7) is 0. The number of nitrogens with zero attached hydrogens (tertiary/aromatic N) is 2. The van der Waals surface area contributed by atoms with Crippen LogP contribution in [0.2, 0.25) is 5.02 Å². The number of hydrogen-bond acceptors (Lipinski definition) is 3. The van der Waals surface area contributed by atoms with Gasteiger partial charge in [-0.05, 0) is 36.4 Å². The van der Waals surface area contributed by atoms with Crippen molar-refractivity contribution >= 4 is 34.9 Å². The zero-order valence-corrected chi connectivity index (χ0v) is 17.4. The van der Waals surface area contributed by atoms with Crippen LogP contribution in [0.5, 0.6) is 0 Å². The SMILES string of the molecule is Cn1nc(-c2ccc(NC(=O)c3ccccc3Cl)cc2)cc1NC(=O)c1ccccc1. The second-order valence-corrected chi connectivity index (χ2v) is 7.28. The van der Waals surface area contributed by atoms with Crippen LogP contribution in [-0.2, 0) is 7.05 Å². The second kappa shape index (κ2) is 8.85. The van der Waals surface area contributed by atoms with Gasteiger partial charge in [0, 0.05) is 29.9 Å². The van der Waals surface area contributed by atoms with Gasteiger partial charge in [0.1, 0.15) is 5.82 Å². The summed E-state index contributed by atoms with van der Waals surface area (Å²) in [5.74, 6) is 0.106. The lowest BCUT2D eigenvalue weighted by Gasteiger charge is -2.07. The molecule has 0 aliphatic carbocycles. The van der Waals surface area contributed by atoms with E-state index in [1.165, 1.54) is 0 Å². The molecule has 31 heavy (non-hydrogen) atoms. The average Bonchev–Trinajstić information content (AvgIpc) is 3.15. The Morgan fingerprint density at radius 2 is 1.52 bits per heavy atom. The molecule has 0 saturated carbocycles. The average molecular weight is 431 g/mol. The monoisotopic (exact) mass is 430 g/mol. The van der Waals surface area contributed by atoms with Gasteiger partial charge in [0.2, 0.25) is 0 Å². The number of anilines is 2. The van der Waals surface area contributed by atoms with E-state index in [9.17, 15) is 9.59 Å². The highest BCUT2D eigenvalue weighted by Gasteiger charge is 2.13. The van der Waals surface area contributed by atoms with Gasteiger partial charge in [0.25, 0.3) is 11.8 Å². The molecule has 0 aliphatic rings. The van der Waals surface area contributed by atoms with Crippen molar-refractivity contribution in [3.8, 4) is 11.3 Å². The highest BCUT2D eigenvalue weighted by molar-refractivity contribution is 6.34. The van der Waals surface area contributed by atoms with E-state index in [1.807, 2.05) is 30.3 Å². The summed E-state index contributed by atoms with van der Waals surface area (Å²) in [4.78, 5) is 24.8. The number of hydrogen-bond donors (Lipinski definition) is 2.